The van der Waals surface area contributed by atoms with Gasteiger partial charge < -0.3 is 0 Å². The Balaban J connectivity index is 0.00000289. The second-order valence-electron chi connectivity index (χ2n) is 4.25. The predicted molar refractivity (Wildman–Crippen MR) is 74.5 cm³/mol. The topological polar surface area (TPSA) is 54.4 Å². The van der Waals surface area contributed by atoms with Crippen molar-refractivity contribution in [2.24, 2.45) is 0 Å². The maximum Gasteiger partial charge on any atom is 0.294 e. The molecule has 0 aromatic heterocycles. The molecule has 0 atom stereocenters. The predicted octanol–water partition coefficient (Wildman–Crippen LogP) is 3.07. The van der Waals surface area contributed by atoms with Gasteiger partial charge in [-0.15, -0.1) is 0 Å². The first-order valence-corrected chi connectivity index (χ1v) is 7.55. The first kappa shape index (κ1) is 18.1. The summed E-state index contributed by atoms with van der Waals surface area (Å²) in [6.07, 6.45) is 6.38. The maximum absolute atomic E-state index is 11.1. The zero-order valence-electron chi connectivity index (χ0n) is 11.2. The van der Waals surface area contributed by atoms with E-state index in [4.69, 9.17) is 4.55 Å². The Morgan fingerprint density at radius 2 is 1.67 bits per heavy atom. The Bertz CT molecular complexity index is 443. The van der Waals surface area contributed by atoms with Gasteiger partial charge in [-0.05, 0) is 24.5 Å². The van der Waals surface area contributed by atoms with Gasteiger partial charge in [-0.25, -0.2) is 0 Å². The molecule has 1 aromatic rings. The van der Waals surface area contributed by atoms with Crippen molar-refractivity contribution in [3.8, 4) is 0 Å². The van der Waals surface area contributed by atoms with Gasteiger partial charge in [-0.3, -0.25) is 4.55 Å². The summed E-state index contributed by atoms with van der Waals surface area (Å²) < 4.78 is 31.4. The van der Waals surface area contributed by atoms with E-state index in [-0.39, 0.29) is 34.5 Å². The maximum atomic E-state index is 11.1. The molecule has 5 heteroatoms. The number of rotatable bonds is 7. The number of unbranched alkanes of at least 4 members (excludes halogenated alkanes) is 4. The van der Waals surface area contributed by atoms with Crippen LogP contribution in [0.5, 0.6) is 0 Å². The summed E-state index contributed by atoms with van der Waals surface area (Å²) in [7, 11) is -4.08. The van der Waals surface area contributed by atoms with E-state index in [2.05, 4.69) is 6.92 Å². The van der Waals surface area contributed by atoms with Gasteiger partial charge >= 0.3 is 0 Å². The molecule has 0 spiro atoms. The quantitative estimate of drug-likeness (QED) is 0.474. The molecule has 0 aliphatic rings. The molecule has 0 amide bonds. The van der Waals surface area contributed by atoms with Crippen molar-refractivity contribution in [2.45, 2.75) is 50.3 Å². The van der Waals surface area contributed by atoms with Crippen molar-refractivity contribution < 1.29 is 13.0 Å². The minimum Gasteiger partial charge on any atom is -0.282 e. The van der Waals surface area contributed by atoms with Gasteiger partial charge in [0.25, 0.3) is 10.1 Å². The molecular formula is C13H20NaO3S. The molecule has 0 saturated carbocycles. The number of aryl methyl sites for hydroxylation is 1. The summed E-state index contributed by atoms with van der Waals surface area (Å²) in [5.41, 5.74) is 0.714. The molecule has 0 bridgehead atoms. The number of benzene rings is 1. The molecule has 0 fully saturated rings. The Morgan fingerprint density at radius 1 is 1.06 bits per heavy atom. The summed E-state index contributed by atoms with van der Waals surface area (Å²) in [6, 6.07) is 6.65. The van der Waals surface area contributed by atoms with E-state index >= 15 is 0 Å². The van der Waals surface area contributed by atoms with Crippen LogP contribution in [0, 0.1) is 0 Å². The SMILES string of the molecule is CCCCCCCc1ccccc1S(=O)(=O)O.[Na]. The zero-order chi connectivity index (χ0) is 12.7. The van der Waals surface area contributed by atoms with Gasteiger partial charge in [0.15, 0.2) is 0 Å². The largest absolute Gasteiger partial charge is 0.294 e. The van der Waals surface area contributed by atoms with Gasteiger partial charge in [-0.2, -0.15) is 8.42 Å². The van der Waals surface area contributed by atoms with Crippen LogP contribution in [0.2, 0.25) is 0 Å². The van der Waals surface area contributed by atoms with Crippen LogP contribution >= 0.6 is 0 Å². The van der Waals surface area contributed by atoms with Crippen LogP contribution in [-0.2, 0) is 16.5 Å². The summed E-state index contributed by atoms with van der Waals surface area (Å²) in [5, 5.41) is 0. The van der Waals surface area contributed by atoms with Crippen LogP contribution in [0.15, 0.2) is 29.2 Å². The van der Waals surface area contributed by atoms with Crippen molar-refractivity contribution in [3.63, 3.8) is 0 Å². The molecule has 1 radical (unpaired) electrons. The van der Waals surface area contributed by atoms with Crippen LogP contribution in [-0.4, -0.2) is 42.5 Å². The minimum atomic E-state index is -4.08. The smallest absolute Gasteiger partial charge is 0.282 e. The van der Waals surface area contributed by atoms with Crippen molar-refractivity contribution in [2.75, 3.05) is 0 Å². The molecule has 3 nitrogen and oxygen atoms in total. The minimum absolute atomic E-state index is 0. The first-order valence-electron chi connectivity index (χ1n) is 6.11. The molecule has 1 aromatic carbocycles. The van der Waals surface area contributed by atoms with E-state index in [1.54, 1.807) is 18.2 Å². The molecule has 18 heavy (non-hydrogen) atoms. The Kier molecular flexibility index (Phi) is 9.17. The summed E-state index contributed by atoms with van der Waals surface area (Å²) in [6.45, 7) is 2.16. The molecule has 0 aliphatic heterocycles. The monoisotopic (exact) mass is 279 g/mol. The van der Waals surface area contributed by atoms with E-state index in [1.165, 1.54) is 25.3 Å². The fraction of sp³-hybridized carbons (Fsp3) is 0.538. The van der Waals surface area contributed by atoms with Crippen LogP contribution in [0.4, 0.5) is 0 Å². The molecule has 97 valence electrons. The number of hydrogen-bond donors (Lipinski definition) is 1. The molecule has 0 unspecified atom stereocenters. The molecule has 0 aliphatic carbocycles. The average molecular weight is 279 g/mol. The number of hydrogen-bond acceptors (Lipinski definition) is 2. The summed E-state index contributed by atoms with van der Waals surface area (Å²) in [5.74, 6) is 0. The fourth-order valence-electron chi connectivity index (χ4n) is 1.88. The molecule has 0 saturated heterocycles. The van der Waals surface area contributed by atoms with Gasteiger partial charge in [0.1, 0.15) is 0 Å². The summed E-state index contributed by atoms with van der Waals surface area (Å²) in [4.78, 5) is 0.0514. The zero-order valence-corrected chi connectivity index (χ0v) is 14.0. The Hall–Kier alpha value is 0.130. The van der Waals surface area contributed by atoms with E-state index < -0.39 is 10.1 Å². The Labute approximate surface area is 132 Å². The standard InChI is InChI=1S/C13H20O3S.Na/c1-2-3-4-5-6-9-12-10-7-8-11-13(12)17(14,15)16;/h7-8,10-11H,2-6,9H2,1H3,(H,14,15,16);. The van der Waals surface area contributed by atoms with E-state index in [9.17, 15) is 8.42 Å². The summed E-state index contributed by atoms with van der Waals surface area (Å²) >= 11 is 0. The molecule has 1 rings (SSSR count). The van der Waals surface area contributed by atoms with E-state index in [1.807, 2.05) is 0 Å². The van der Waals surface area contributed by atoms with Crippen molar-refractivity contribution in [1.29, 1.82) is 0 Å². The second kappa shape index (κ2) is 9.10. The van der Waals surface area contributed by atoms with Gasteiger partial charge in [0.05, 0.1) is 4.90 Å². The van der Waals surface area contributed by atoms with Gasteiger partial charge in [0.2, 0.25) is 0 Å². The fourth-order valence-corrected chi connectivity index (χ4v) is 2.63. The van der Waals surface area contributed by atoms with Gasteiger partial charge in [-0.1, -0.05) is 50.8 Å². The van der Waals surface area contributed by atoms with Crippen LogP contribution in [0.25, 0.3) is 0 Å². The van der Waals surface area contributed by atoms with Gasteiger partial charge in [0, 0.05) is 29.6 Å². The normalized spacial score (nSPS) is 11.0. The van der Waals surface area contributed by atoms with E-state index in [0.717, 1.165) is 12.8 Å². The molecule has 0 heterocycles. The van der Waals surface area contributed by atoms with Crippen LogP contribution in [0.1, 0.15) is 44.6 Å². The third kappa shape index (κ3) is 6.34. The second-order valence-corrected chi connectivity index (χ2v) is 5.64. The Morgan fingerprint density at radius 3 is 2.28 bits per heavy atom. The molecular weight excluding hydrogens is 259 g/mol. The van der Waals surface area contributed by atoms with E-state index in [0.29, 0.717) is 12.0 Å². The third-order valence-corrected chi connectivity index (χ3v) is 3.75. The van der Waals surface area contributed by atoms with Crippen molar-refractivity contribution in [3.05, 3.63) is 29.8 Å². The first-order chi connectivity index (χ1) is 8.05. The van der Waals surface area contributed by atoms with Crippen LogP contribution < -0.4 is 0 Å². The van der Waals surface area contributed by atoms with Crippen molar-refractivity contribution in [1.82, 2.24) is 0 Å². The molecule has 1 N–H and O–H groups in total. The third-order valence-electron chi connectivity index (χ3n) is 2.80. The van der Waals surface area contributed by atoms with Crippen molar-refractivity contribution >= 4 is 39.7 Å². The average Bonchev–Trinajstić information content (AvgIpc) is 2.28. The van der Waals surface area contributed by atoms with Crippen LogP contribution in [0.3, 0.4) is 0 Å².